The second-order valence-electron chi connectivity index (χ2n) is 8.13. The van der Waals surface area contributed by atoms with Gasteiger partial charge in [-0.15, -0.1) is 0 Å². The van der Waals surface area contributed by atoms with Gasteiger partial charge in [-0.3, -0.25) is 9.69 Å². The molecule has 3 rings (SSSR count). The van der Waals surface area contributed by atoms with E-state index in [1.807, 2.05) is 24.3 Å². The molecule has 174 valence electrons. The molecule has 8 heteroatoms. The lowest BCUT2D eigenvalue weighted by Gasteiger charge is -2.27. The number of carbonyl (C=O) groups is 1. The summed E-state index contributed by atoms with van der Waals surface area (Å²) in [5.41, 5.74) is 1.20. The number of carbonyl (C=O) groups excluding carboxylic acids is 1. The Balaban J connectivity index is 1.61. The van der Waals surface area contributed by atoms with Gasteiger partial charge in [0.15, 0.2) is 5.96 Å². The van der Waals surface area contributed by atoms with Crippen molar-refractivity contribution in [1.29, 1.82) is 0 Å². The number of aliphatic imine (C=N–C) groups is 1. The molecule has 0 radical (unpaired) electrons. The van der Waals surface area contributed by atoms with Crippen LogP contribution in [0.2, 0.25) is 0 Å². The van der Waals surface area contributed by atoms with E-state index in [0.717, 1.165) is 31.0 Å². The number of methoxy groups -OCH3 is 1. The van der Waals surface area contributed by atoms with Gasteiger partial charge in [-0.05, 0) is 62.2 Å². The van der Waals surface area contributed by atoms with Gasteiger partial charge >= 0.3 is 0 Å². The Kier molecular flexibility index (Phi) is 8.98. The molecule has 1 atom stereocenters. The van der Waals surface area contributed by atoms with Gasteiger partial charge in [0.25, 0.3) is 0 Å². The molecule has 2 aromatic rings. The predicted octanol–water partition coefficient (Wildman–Crippen LogP) is 2.29. The maximum atomic E-state index is 12.1. The summed E-state index contributed by atoms with van der Waals surface area (Å²) in [6, 6.07) is 12.1. The van der Waals surface area contributed by atoms with E-state index in [1.165, 1.54) is 18.4 Å². The van der Waals surface area contributed by atoms with Crippen LogP contribution in [0.15, 0.2) is 52.1 Å². The fourth-order valence-electron chi connectivity index (χ4n) is 3.72. The number of likely N-dealkylation sites (N-methyl/N-ethyl adjacent to an activating group) is 1. The van der Waals surface area contributed by atoms with Crippen molar-refractivity contribution in [3.05, 3.63) is 54.0 Å². The van der Waals surface area contributed by atoms with Crippen LogP contribution in [0.3, 0.4) is 0 Å². The number of guanidine groups is 1. The van der Waals surface area contributed by atoms with Crippen molar-refractivity contribution in [2.24, 2.45) is 4.99 Å². The van der Waals surface area contributed by atoms with E-state index in [2.05, 4.69) is 32.7 Å². The number of hydrogen-bond acceptors (Lipinski definition) is 5. The molecule has 0 aliphatic carbocycles. The van der Waals surface area contributed by atoms with E-state index in [1.54, 1.807) is 32.4 Å². The van der Waals surface area contributed by atoms with E-state index in [-0.39, 0.29) is 18.5 Å². The van der Waals surface area contributed by atoms with E-state index in [9.17, 15) is 4.79 Å². The van der Waals surface area contributed by atoms with E-state index < -0.39 is 0 Å². The minimum Gasteiger partial charge on any atom is -0.497 e. The van der Waals surface area contributed by atoms with E-state index >= 15 is 0 Å². The number of nitrogens with one attached hydrogen (secondary N) is 2. The zero-order valence-electron chi connectivity index (χ0n) is 19.3. The van der Waals surface area contributed by atoms with Gasteiger partial charge in [0, 0.05) is 27.2 Å². The molecule has 1 aromatic carbocycles. The Labute approximate surface area is 190 Å². The molecule has 0 spiro atoms. The third kappa shape index (κ3) is 7.02. The summed E-state index contributed by atoms with van der Waals surface area (Å²) in [4.78, 5) is 20.6. The van der Waals surface area contributed by atoms with Crippen molar-refractivity contribution in [2.45, 2.75) is 25.3 Å². The molecule has 32 heavy (non-hydrogen) atoms. The van der Waals surface area contributed by atoms with Gasteiger partial charge in [0.2, 0.25) is 5.91 Å². The first-order valence-electron chi connectivity index (χ1n) is 11.2. The third-order valence-electron chi connectivity index (χ3n) is 5.65. The fraction of sp³-hybridized carbons (Fsp3) is 0.500. The van der Waals surface area contributed by atoms with Crippen molar-refractivity contribution in [3.8, 4) is 5.75 Å². The zero-order valence-corrected chi connectivity index (χ0v) is 19.3. The van der Waals surface area contributed by atoms with Gasteiger partial charge in [0.05, 0.1) is 19.4 Å². The van der Waals surface area contributed by atoms with Gasteiger partial charge in [-0.1, -0.05) is 12.1 Å². The lowest BCUT2D eigenvalue weighted by atomic mass is 10.1. The predicted molar refractivity (Wildman–Crippen MR) is 126 cm³/mol. The number of rotatable bonds is 10. The Bertz CT molecular complexity index is 843. The number of hydrogen-bond donors (Lipinski definition) is 2. The number of amides is 1. The zero-order chi connectivity index (χ0) is 22.8. The summed E-state index contributed by atoms with van der Waals surface area (Å²) in [6.45, 7) is 3.56. The Morgan fingerprint density at radius 3 is 2.56 bits per heavy atom. The lowest BCUT2D eigenvalue weighted by Crippen LogP contribution is -2.43. The first kappa shape index (κ1) is 23.7. The quantitative estimate of drug-likeness (QED) is 0.435. The Morgan fingerprint density at radius 2 is 1.94 bits per heavy atom. The summed E-state index contributed by atoms with van der Waals surface area (Å²) >= 11 is 0. The van der Waals surface area contributed by atoms with Crippen LogP contribution in [0.5, 0.6) is 5.75 Å². The normalized spacial score (nSPS) is 15.4. The molecular weight excluding hydrogens is 406 g/mol. The number of ether oxygens (including phenoxy) is 1. The summed E-state index contributed by atoms with van der Waals surface area (Å²) < 4.78 is 10.9. The second-order valence-corrected chi connectivity index (χ2v) is 8.13. The standard InChI is InChI=1S/C24H35N5O3/c1-28(2)23(30)18-27-24(25-13-12-19-8-10-20(31-3)11-9-19)26-17-21(22-7-6-16-32-22)29-14-4-5-15-29/h6-11,16,21H,4-5,12-15,17-18H2,1-3H3,(H2,25,26,27). The van der Waals surface area contributed by atoms with E-state index in [4.69, 9.17) is 9.15 Å². The summed E-state index contributed by atoms with van der Waals surface area (Å²) in [6.07, 6.45) is 4.96. The molecule has 1 unspecified atom stereocenters. The van der Waals surface area contributed by atoms with Crippen LogP contribution in [0, 0.1) is 0 Å². The van der Waals surface area contributed by atoms with Gasteiger partial charge in [0.1, 0.15) is 18.1 Å². The average molecular weight is 442 g/mol. The largest absolute Gasteiger partial charge is 0.497 e. The van der Waals surface area contributed by atoms with Crippen molar-refractivity contribution in [2.75, 3.05) is 53.9 Å². The molecule has 1 saturated heterocycles. The highest BCUT2D eigenvalue weighted by Crippen LogP contribution is 2.24. The molecule has 1 amide bonds. The van der Waals surface area contributed by atoms with Crippen LogP contribution in [-0.2, 0) is 11.2 Å². The summed E-state index contributed by atoms with van der Waals surface area (Å²) in [5.74, 6) is 2.38. The van der Waals surface area contributed by atoms with Crippen molar-refractivity contribution in [1.82, 2.24) is 20.4 Å². The van der Waals surface area contributed by atoms with Crippen molar-refractivity contribution in [3.63, 3.8) is 0 Å². The molecule has 0 saturated carbocycles. The topological polar surface area (TPSA) is 82.3 Å². The molecule has 1 aliphatic rings. The van der Waals surface area contributed by atoms with Crippen LogP contribution in [0.4, 0.5) is 0 Å². The molecule has 8 nitrogen and oxygen atoms in total. The first-order chi connectivity index (χ1) is 15.6. The van der Waals surface area contributed by atoms with Gasteiger partial charge in [-0.2, -0.15) is 0 Å². The highest BCUT2D eigenvalue weighted by atomic mass is 16.5. The van der Waals surface area contributed by atoms with E-state index in [0.29, 0.717) is 19.0 Å². The van der Waals surface area contributed by atoms with Crippen molar-refractivity contribution < 1.29 is 13.9 Å². The maximum Gasteiger partial charge on any atom is 0.243 e. The highest BCUT2D eigenvalue weighted by molar-refractivity contribution is 5.84. The van der Waals surface area contributed by atoms with Crippen LogP contribution in [0.1, 0.15) is 30.2 Å². The molecule has 2 N–H and O–H groups in total. The van der Waals surface area contributed by atoms with Crippen LogP contribution in [0.25, 0.3) is 0 Å². The second kappa shape index (κ2) is 12.1. The lowest BCUT2D eigenvalue weighted by molar-refractivity contribution is -0.127. The Hall–Kier alpha value is -3.00. The van der Waals surface area contributed by atoms with Crippen LogP contribution in [-0.4, -0.2) is 75.6 Å². The van der Waals surface area contributed by atoms with Gasteiger partial charge in [-0.25, -0.2) is 4.99 Å². The number of nitrogens with zero attached hydrogens (tertiary/aromatic N) is 3. The number of likely N-dealkylation sites (tertiary alicyclic amines) is 1. The fourth-order valence-corrected chi connectivity index (χ4v) is 3.72. The van der Waals surface area contributed by atoms with Crippen LogP contribution < -0.4 is 15.4 Å². The molecule has 1 fully saturated rings. The molecule has 1 aromatic heterocycles. The SMILES string of the molecule is COc1ccc(CCNC(=NCC(=O)N(C)C)NCC(c2ccco2)N2CCCC2)cc1. The number of benzene rings is 1. The minimum atomic E-state index is -0.0385. The molecular formula is C24H35N5O3. The minimum absolute atomic E-state index is 0.0385. The monoisotopic (exact) mass is 441 g/mol. The third-order valence-corrected chi connectivity index (χ3v) is 5.65. The number of furan rings is 1. The highest BCUT2D eigenvalue weighted by Gasteiger charge is 2.25. The molecule has 0 bridgehead atoms. The Morgan fingerprint density at radius 1 is 1.19 bits per heavy atom. The average Bonchev–Trinajstić information content (AvgIpc) is 3.52. The molecule has 1 aliphatic heterocycles. The van der Waals surface area contributed by atoms with Crippen LogP contribution >= 0.6 is 0 Å². The maximum absolute atomic E-state index is 12.1. The summed E-state index contributed by atoms with van der Waals surface area (Å²) in [7, 11) is 5.14. The van der Waals surface area contributed by atoms with Gasteiger partial charge < -0.3 is 24.7 Å². The van der Waals surface area contributed by atoms with Crippen molar-refractivity contribution >= 4 is 11.9 Å². The molecule has 2 heterocycles. The smallest absolute Gasteiger partial charge is 0.243 e. The summed E-state index contributed by atoms with van der Waals surface area (Å²) in [5, 5.41) is 6.80. The first-order valence-corrected chi connectivity index (χ1v) is 11.2.